The van der Waals surface area contributed by atoms with E-state index in [4.69, 9.17) is 18.9 Å². The largest absolute Gasteiger partial charge is 0.496 e. The van der Waals surface area contributed by atoms with Crippen molar-refractivity contribution in [3.8, 4) is 17.2 Å². The van der Waals surface area contributed by atoms with Crippen LogP contribution in [0.2, 0.25) is 0 Å². The summed E-state index contributed by atoms with van der Waals surface area (Å²) >= 11 is 0. The second-order valence-corrected chi connectivity index (χ2v) is 5.25. The lowest BCUT2D eigenvalue weighted by molar-refractivity contribution is -0.124. The van der Waals surface area contributed by atoms with Crippen molar-refractivity contribution in [1.29, 1.82) is 0 Å². The van der Waals surface area contributed by atoms with Gasteiger partial charge in [-0.25, -0.2) is 4.79 Å². The summed E-state index contributed by atoms with van der Waals surface area (Å²) in [4.78, 5) is 24.2. The Morgan fingerprint density at radius 2 is 1.50 bits per heavy atom. The van der Waals surface area contributed by atoms with Crippen LogP contribution in [0.4, 0.5) is 0 Å². The van der Waals surface area contributed by atoms with E-state index in [0.29, 0.717) is 18.0 Å². The minimum absolute atomic E-state index is 0.140. The Morgan fingerprint density at radius 3 is 2.12 bits per heavy atom. The van der Waals surface area contributed by atoms with Gasteiger partial charge in [-0.15, -0.1) is 0 Å². The average molecular weight is 359 g/mol. The molecule has 138 valence electrons. The number of rotatable bonds is 8. The molecule has 1 N–H and O–H groups in total. The molecule has 0 aromatic heterocycles. The summed E-state index contributed by atoms with van der Waals surface area (Å²) in [7, 11) is 4.35. The molecule has 7 nitrogen and oxygen atoms in total. The fraction of sp³-hybridized carbons (Fsp3) is 0.263. The van der Waals surface area contributed by atoms with Crippen molar-refractivity contribution < 1.29 is 28.5 Å². The van der Waals surface area contributed by atoms with Gasteiger partial charge in [-0.1, -0.05) is 30.3 Å². The van der Waals surface area contributed by atoms with Crippen molar-refractivity contribution in [2.75, 3.05) is 27.9 Å². The van der Waals surface area contributed by atoms with E-state index < -0.39 is 18.5 Å². The van der Waals surface area contributed by atoms with E-state index in [-0.39, 0.29) is 11.3 Å². The lowest BCUT2D eigenvalue weighted by atomic mass is 10.1. The Labute approximate surface area is 151 Å². The molecule has 0 aliphatic heterocycles. The molecule has 0 saturated heterocycles. The Bertz CT molecular complexity index is 760. The van der Waals surface area contributed by atoms with Crippen LogP contribution in [0.1, 0.15) is 15.9 Å². The number of ether oxygens (including phenoxy) is 4. The van der Waals surface area contributed by atoms with Gasteiger partial charge in [0.25, 0.3) is 5.91 Å². The molecule has 0 aliphatic carbocycles. The van der Waals surface area contributed by atoms with Crippen molar-refractivity contribution in [2.24, 2.45) is 0 Å². The van der Waals surface area contributed by atoms with Gasteiger partial charge in [-0.3, -0.25) is 4.79 Å². The van der Waals surface area contributed by atoms with Gasteiger partial charge in [0.2, 0.25) is 0 Å². The van der Waals surface area contributed by atoms with E-state index in [9.17, 15) is 9.59 Å². The van der Waals surface area contributed by atoms with Gasteiger partial charge >= 0.3 is 5.97 Å². The first kappa shape index (κ1) is 19.1. The Hall–Kier alpha value is -3.22. The number of carbonyl (C=O) groups is 2. The van der Waals surface area contributed by atoms with E-state index in [1.807, 2.05) is 30.3 Å². The van der Waals surface area contributed by atoms with E-state index >= 15 is 0 Å². The smallest absolute Gasteiger partial charge is 0.342 e. The molecule has 0 fully saturated rings. The van der Waals surface area contributed by atoms with Crippen molar-refractivity contribution in [3.05, 3.63) is 53.6 Å². The number of esters is 1. The van der Waals surface area contributed by atoms with Gasteiger partial charge in [-0.2, -0.15) is 0 Å². The lowest BCUT2D eigenvalue weighted by Gasteiger charge is -2.13. The molecule has 0 spiro atoms. The van der Waals surface area contributed by atoms with Crippen LogP contribution < -0.4 is 19.5 Å². The number of benzene rings is 2. The Kier molecular flexibility index (Phi) is 6.84. The SMILES string of the molecule is COc1cc(OC)c(C(=O)OCC(=O)NCc2ccccc2)cc1OC. The highest BCUT2D eigenvalue weighted by atomic mass is 16.5. The first-order valence-corrected chi connectivity index (χ1v) is 7.86. The molecule has 2 aromatic carbocycles. The van der Waals surface area contributed by atoms with Crippen LogP contribution in [0.25, 0.3) is 0 Å². The summed E-state index contributed by atoms with van der Waals surface area (Å²) in [5.74, 6) is -0.0630. The van der Waals surface area contributed by atoms with Crippen LogP contribution in [0, 0.1) is 0 Å². The van der Waals surface area contributed by atoms with E-state index in [2.05, 4.69) is 5.32 Å². The number of carbonyl (C=O) groups excluding carboxylic acids is 2. The highest BCUT2D eigenvalue weighted by molar-refractivity contribution is 5.95. The van der Waals surface area contributed by atoms with Gasteiger partial charge in [0, 0.05) is 18.7 Å². The van der Waals surface area contributed by atoms with Gasteiger partial charge < -0.3 is 24.3 Å². The van der Waals surface area contributed by atoms with Crippen LogP contribution in [0.15, 0.2) is 42.5 Å². The minimum Gasteiger partial charge on any atom is -0.496 e. The van der Waals surface area contributed by atoms with Crippen LogP contribution in [0.5, 0.6) is 17.2 Å². The molecular formula is C19H21NO6. The van der Waals surface area contributed by atoms with Gasteiger partial charge in [0.1, 0.15) is 11.3 Å². The van der Waals surface area contributed by atoms with Crippen molar-refractivity contribution in [1.82, 2.24) is 5.32 Å². The van der Waals surface area contributed by atoms with Crippen molar-refractivity contribution >= 4 is 11.9 Å². The third-order valence-electron chi connectivity index (χ3n) is 3.59. The fourth-order valence-electron chi connectivity index (χ4n) is 2.25. The molecule has 0 heterocycles. The molecule has 0 atom stereocenters. The number of hydrogen-bond donors (Lipinski definition) is 1. The van der Waals surface area contributed by atoms with Crippen molar-refractivity contribution in [2.45, 2.75) is 6.54 Å². The van der Waals surface area contributed by atoms with Crippen molar-refractivity contribution in [3.63, 3.8) is 0 Å². The molecule has 2 rings (SSSR count). The summed E-state index contributed by atoms with van der Waals surface area (Å²) in [6.45, 7) is -0.0416. The second kappa shape index (κ2) is 9.31. The summed E-state index contributed by atoms with van der Waals surface area (Å²) in [6.07, 6.45) is 0. The van der Waals surface area contributed by atoms with E-state index in [0.717, 1.165) is 5.56 Å². The lowest BCUT2D eigenvalue weighted by Crippen LogP contribution is -2.28. The van der Waals surface area contributed by atoms with Gasteiger partial charge in [0.05, 0.1) is 21.3 Å². The fourth-order valence-corrected chi connectivity index (χ4v) is 2.25. The highest BCUT2D eigenvalue weighted by Gasteiger charge is 2.19. The first-order valence-electron chi connectivity index (χ1n) is 7.86. The second-order valence-electron chi connectivity index (χ2n) is 5.25. The van der Waals surface area contributed by atoms with E-state index in [1.165, 1.54) is 33.5 Å². The Balaban J connectivity index is 1.97. The zero-order valence-corrected chi connectivity index (χ0v) is 14.9. The Morgan fingerprint density at radius 1 is 0.885 bits per heavy atom. The number of amides is 1. The average Bonchev–Trinajstić information content (AvgIpc) is 2.69. The third kappa shape index (κ3) is 4.89. The molecule has 0 radical (unpaired) electrons. The maximum Gasteiger partial charge on any atom is 0.342 e. The molecule has 2 aromatic rings. The minimum atomic E-state index is -0.697. The maximum atomic E-state index is 12.3. The molecule has 0 aliphatic rings. The van der Waals surface area contributed by atoms with Crippen LogP contribution in [-0.2, 0) is 16.1 Å². The summed E-state index contributed by atoms with van der Waals surface area (Å²) < 4.78 is 20.6. The monoisotopic (exact) mass is 359 g/mol. The molecule has 7 heteroatoms. The molecule has 0 saturated carbocycles. The molecular weight excluding hydrogens is 338 g/mol. The first-order chi connectivity index (χ1) is 12.6. The van der Waals surface area contributed by atoms with Crippen LogP contribution in [-0.4, -0.2) is 39.8 Å². The molecule has 1 amide bonds. The molecule has 0 unspecified atom stereocenters. The maximum absolute atomic E-state index is 12.3. The number of nitrogens with one attached hydrogen (secondary N) is 1. The van der Waals surface area contributed by atoms with Gasteiger partial charge in [-0.05, 0) is 5.56 Å². The van der Waals surface area contributed by atoms with Crippen LogP contribution >= 0.6 is 0 Å². The third-order valence-corrected chi connectivity index (χ3v) is 3.59. The molecule has 26 heavy (non-hydrogen) atoms. The summed E-state index contributed by atoms with van der Waals surface area (Å²) in [5, 5.41) is 2.68. The summed E-state index contributed by atoms with van der Waals surface area (Å²) in [5.41, 5.74) is 1.09. The quantitative estimate of drug-likeness (QED) is 0.728. The highest BCUT2D eigenvalue weighted by Crippen LogP contribution is 2.34. The zero-order chi connectivity index (χ0) is 18.9. The normalized spacial score (nSPS) is 9.96. The standard InChI is InChI=1S/C19H21NO6/c1-23-15-10-17(25-3)16(24-2)9-14(15)19(22)26-12-18(21)20-11-13-7-5-4-6-8-13/h4-10H,11-12H2,1-3H3,(H,20,21). The topological polar surface area (TPSA) is 83.1 Å². The zero-order valence-electron chi connectivity index (χ0n) is 14.9. The summed E-state index contributed by atoms with van der Waals surface area (Å²) in [6, 6.07) is 12.4. The number of methoxy groups -OCH3 is 3. The molecule has 0 bridgehead atoms. The predicted octanol–water partition coefficient (Wildman–Crippen LogP) is 2.19. The van der Waals surface area contributed by atoms with E-state index in [1.54, 1.807) is 0 Å². The van der Waals surface area contributed by atoms with Crippen LogP contribution in [0.3, 0.4) is 0 Å². The number of hydrogen-bond acceptors (Lipinski definition) is 6. The predicted molar refractivity (Wildman–Crippen MR) is 94.7 cm³/mol. The van der Waals surface area contributed by atoms with Gasteiger partial charge in [0.15, 0.2) is 18.1 Å².